The maximum Gasteiger partial charge on any atom is 0.317 e. The fourth-order valence-electron chi connectivity index (χ4n) is 3.44. The Bertz CT molecular complexity index is 499. The highest BCUT2D eigenvalue weighted by Gasteiger charge is 2.30. The predicted molar refractivity (Wildman–Crippen MR) is 89.1 cm³/mol. The average Bonchev–Trinajstić information content (AvgIpc) is 3.19. The van der Waals surface area contributed by atoms with E-state index < -0.39 is 0 Å². The molecule has 0 spiro atoms. The number of halogens is 1. The molecule has 2 saturated heterocycles. The van der Waals surface area contributed by atoms with Gasteiger partial charge < -0.3 is 15.1 Å². The Hall–Kier alpha value is -1.26. The second kappa shape index (κ2) is 7.34. The Balaban J connectivity index is 1.50. The van der Waals surface area contributed by atoms with Crippen molar-refractivity contribution in [3.63, 3.8) is 0 Å². The number of urea groups is 1. The molecule has 1 N–H and O–H groups in total. The number of nitrogens with zero attached hydrogens (tertiary/aromatic N) is 2. The van der Waals surface area contributed by atoms with E-state index in [4.69, 9.17) is 11.6 Å². The van der Waals surface area contributed by atoms with Crippen molar-refractivity contribution >= 4 is 17.6 Å². The highest BCUT2D eigenvalue weighted by Crippen LogP contribution is 2.20. The third-order valence-corrected chi connectivity index (χ3v) is 4.91. The number of benzene rings is 1. The number of carbonyl (C=O) groups excluding carboxylic acids is 1. The van der Waals surface area contributed by atoms with Crippen molar-refractivity contribution in [1.29, 1.82) is 0 Å². The summed E-state index contributed by atoms with van der Waals surface area (Å²) in [5.74, 6) is 0. The van der Waals surface area contributed by atoms with Crippen LogP contribution in [0.25, 0.3) is 0 Å². The Morgan fingerprint density at radius 1 is 1.14 bits per heavy atom. The van der Waals surface area contributed by atoms with Crippen molar-refractivity contribution in [2.45, 2.75) is 38.3 Å². The van der Waals surface area contributed by atoms with E-state index in [1.807, 2.05) is 29.2 Å². The van der Waals surface area contributed by atoms with Gasteiger partial charge in [-0.25, -0.2) is 4.79 Å². The molecule has 2 aliphatic rings. The van der Waals surface area contributed by atoms with Gasteiger partial charge in [0.2, 0.25) is 0 Å². The van der Waals surface area contributed by atoms with Gasteiger partial charge in [-0.2, -0.15) is 0 Å². The van der Waals surface area contributed by atoms with Crippen molar-refractivity contribution in [3.05, 3.63) is 34.9 Å². The largest absolute Gasteiger partial charge is 0.334 e. The minimum absolute atomic E-state index is 0.0663. The highest BCUT2D eigenvalue weighted by atomic mass is 35.5. The summed E-state index contributed by atoms with van der Waals surface area (Å²) in [6, 6.07) is 8.06. The van der Waals surface area contributed by atoms with E-state index >= 15 is 0 Å². The fourth-order valence-corrected chi connectivity index (χ4v) is 3.56. The molecule has 0 saturated carbocycles. The molecule has 5 heteroatoms. The summed E-state index contributed by atoms with van der Waals surface area (Å²) in [5, 5.41) is 3.76. The summed E-state index contributed by atoms with van der Waals surface area (Å²) in [6.07, 6.45) is 4.85. The first-order valence-corrected chi connectivity index (χ1v) is 8.61. The molecule has 22 heavy (non-hydrogen) atoms. The summed E-state index contributed by atoms with van der Waals surface area (Å²) >= 11 is 5.88. The summed E-state index contributed by atoms with van der Waals surface area (Å²) in [5.41, 5.74) is 1.08. The van der Waals surface area contributed by atoms with Gasteiger partial charge in [-0.3, -0.25) is 0 Å². The van der Waals surface area contributed by atoms with Gasteiger partial charge in [0.05, 0.1) is 0 Å². The van der Waals surface area contributed by atoms with Crippen molar-refractivity contribution < 1.29 is 4.79 Å². The van der Waals surface area contributed by atoms with E-state index in [-0.39, 0.29) is 6.03 Å². The lowest BCUT2D eigenvalue weighted by atomic mass is 10.2. The van der Waals surface area contributed by atoms with Gasteiger partial charge >= 0.3 is 6.03 Å². The zero-order valence-electron chi connectivity index (χ0n) is 12.9. The van der Waals surface area contributed by atoms with Crippen molar-refractivity contribution in [2.24, 2.45) is 0 Å². The maximum atomic E-state index is 12.4. The van der Waals surface area contributed by atoms with E-state index in [0.717, 1.165) is 36.5 Å². The van der Waals surface area contributed by atoms with E-state index in [1.165, 1.54) is 25.9 Å². The normalized spacial score (nSPS) is 22.2. The number of hydrogen-bond donors (Lipinski definition) is 1. The van der Waals surface area contributed by atoms with Crippen LogP contribution in [0.5, 0.6) is 0 Å². The molecule has 2 aliphatic heterocycles. The first-order valence-electron chi connectivity index (χ1n) is 8.23. The van der Waals surface area contributed by atoms with Crippen LogP contribution in [0.3, 0.4) is 0 Å². The van der Waals surface area contributed by atoms with Crippen LogP contribution >= 0.6 is 11.6 Å². The second-order valence-electron chi connectivity index (χ2n) is 6.28. The molecule has 0 aliphatic carbocycles. The van der Waals surface area contributed by atoms with Gasteiger partial charge in [0, 0.05) is 30.7 Å². The lowest BCUT2D eigenvalue weighted by Gasteiger charge is -2.28. The van der Waals surface area contributed by atoms with Crippen LogP contribution in [0.15, 0.2) is 24.3 Å². The molecular weight excluding hydrogens is 298 g/mol. The standard InChI is InChI=1S/C17H24ClN3O/c18-15-7-5-14(6-8-15)12-19-17(22)21-11-3-4-16(21)13-20-9-1-2-10-20/h5-8,16H,1-4,9-13H2,(H,19,22)/t16-/m0/s1. The molecule has 0 bridgehead atoms. The van der Waals surface area contributed by atoms with Crippen LogP contribution in [0.1, 0.15) is 31.2 Å². The molecule has 120 valence electrons. The summed E-state index contributed by atoms with van der Waals surface area (Å²) < 4.78 is 0. The monoisotopic (exact) mass is 321 g/mol. The Morgan fingerprint density at radius 3 is 2.59 bits per heavy atom. The number of rotatable bonds is 4. The molecule has 1 aromatic carbocycles. The lowest BCUT2D eigenvalue weighted by Crippen LogP contribution is -2.46. The van der Waals surface area contributed by atoms with Crippen LogP contribution in [-0.4, -0.2) is 48.1 Å². The van der Waals surface area contributed by atoms with Crippen LogP contribution in [-0.2, 0) is 6.54 Å². The van der Waals surface area contributed by atoms with Gasteiger partial charge in [0.1, 0.15) is 0 Å². The van der Waals surface area contributed by atoms with Crippen molar-refractivity contribution in [2.75, 3.05) is 26.2 Å². The minimum atomic E-state index is 0.0663. The molecule has 2 heterocycles. The van der Waals surface area contributed by atoms with Gasteiger partial charge in [0.15, 0.2) is 0 Å². The van der Waals surface area contributed by atoms with Crippen LogP contribution in [0.4, 0.5) is 4.79 Å². The molecule has 0 radical (unpaired) electrons. The molecule has 2 amide bonds. The zero-order chi connectivity index (χ0) is 15.4. The second-order valence-corrected chi connectivity index (χ2v) is 6.72. The highest BCUT2D eigenvalue weighted by molar-refractivity contribution is 6.30. The molecule has 0 unspecified atom stereocenters. The van der Waals surface area contributed by atoms with Crippen LogP contribution in [0, 0.1) is 0 Å². The number of likely N-dealkylation sites (tertiary alicyclic amines) is 2. The first kappa shape index (κ1) is 15.6. The third kappa shape index (κ3) is 3.93. The Morgan fingerprint density at radius 2 is 1.86 bits per heavy atom. The summed E-state index contributed by atoms with van der Waals surface area (Å²) in [7, 11) is 0. The number of hydrogen-bond acceptors (Lipinski definition) is 2. The number of carbonyl (C=O) groups is 1. The van der Waals surface area contributed by atoms with Gasteiger partial charge in [-0.1, -0.05) is 23.7 Å². The Labute approximate surface area is 137 Å². The number of amides is 2. The SMILES string of the molecule is O=C(NCc1ccc(Cl)cc1)N1CCC[C@H]1CN1CCCC1. The van der Waals surface area contributed by atoms with E-state index in [2.05, 4.69) is 10.2 Å². The summed E-state index contributed by atoms with van der Waals surface area (Å²) in [4.78, 5) is 17.0. The van der Waals surface area contributed by atoms with Gasteiger partial charge in [0.25, 0.3) is 0 Å². The number of nitrogens with one attached hydrogen (secondary N) is 1. The molecular formula is C17H24ClN3O. The van der Waals surface area contributed by atoms with Crippen molar-refractivity contribution in [1.82, 2.24) is 15.1 Å². The first-order chi connectivity index (χ1) is 10.7. The molecule has 0 aromatic heterocycles. The molecule has 2 fully saturated rings. The van der Waals surface area contributed by atoms with Crippen LogP contribution in [0.2, 0.25) is 5.02 Å². The molecule has 1 aromatic rings. The van der Waals surface area contributed by atoms with Crippen LogP contribution < -0.4 is 5.32 Å². The quantitative estimate of drug-likeness (QED) is 0.925. The predicted octanol–water partition coefficient (Wildman–Crippen LogP) is 3.11. The molecule has 1 atom stereocenters. The van der Waals surface area contributed by atoms with E-state index in [9.17, 15) is 4.79 Å². The van der Waals surface area contributed by atoms with E-state index in [1.54, 1.807) is 0 Å². The van der Waals surface area contributed by atoms with Gasteiger partial charge in [-0.15, -0.1) is 0 Å². The zero-order valence-corrected chi connectivity index (χ0v) is 13.7. The third-order valence-electron chi connectivity index (χ3n) is 4.66. The fraction of sp³-hybridized carbons (Fsp3) is 0.588. The Kier molecular flexibility index (Phi) is 5.21. The average molecular weight is 322 g/mol. The topological polar surface area (TPSA) is 35.6 Å². The molecule has 3 rings (SSSR count). The van der Waals surface area contributed by atoms with Gasteiger partial charge in [-0.05, 0) is 56.5 Å². The van der Waals surface area contributed by atoms with E-state index in [0.29, 0.717) is 12.6 Å². The van der Waals surface area contributed by atoms with Crippen molar-refractivity contribution in [3.8, 4) is 0 Å². The molecule has 4 nitrogen and oxygen atoms in total. The summed E-state index contributed by atoms with van der Waals surface area (Å²) in [6.45, 7) is 4.86. The smallest absolute Gasteiger partial charge is 0.317 e. The lowest BCUT2D eigenvalue weighted by molar-refractivity contribution is 0.174. The maximum absolute atomic E-state index is 12.4. The minimum Gasteiger partial charge on any atom is -0.334 e.